The lowest BCUT2D eigenvalue weighted by atomic mass is 10.5. The van der Waals surface area contributed by atoms with Gasteiger partial charge in [-0.15, -0.1) is 0 Å². The summed E-state index contributed by atoms with van der Waals surface area (Å²) >= 11 is 0. The fourth-order valence-electron chi connectivity index (χ4n) is 1.46. The van der Waals surface area contributed by atoms with Crippen LogP contribution in [-0.4, -0.2) is 33.1 Å². The Morgan fingerprint density at radius 3 is 2.89 bits per heavy atom. The highest BCUT2D eigenvalue weighted by molar-refractivity contribution is 6.39. The molecule has 2 aromatic heterocycles. The van der Waals surface area contributed by atoms with E-state index in [2.05, 4.69) is 25.3 Å². The van der Waals surface area contributed by atoms with Crippen molar-refractivity contribution in [3.63, 3.8) is 0 Å². The molecule has 0 fully saturated rings. The maximum atomic E-state index is 11.5. The Kier molecular flexibility index (Phi) is 3.91. The van der Waals surface area contributed by atoms with Gasteiger partial charge in [0.15, 0.2) is 5.82 Å². The third kappa shape index (κ3) is 3.41. The molecule has 0 saturated carbocycles. The van der Waals surface area contributed by atoms with Crippen LogP contribution in [0.5, 0.6) is 0 Å². The molecular weight excluding hydrogens is 250 g/mol. The minimum atomic E-state index is -0.781. The van der Waals surface area contributed by atoms with E-state index in [0.717, 1.165) is 5.82 Å². The van der Waals surface area contributed by atoms with E-state index in [1.165, 1.54) is 12.3 Å². The zero-order valence-corrected chi connectivity index (χ0v) is 10.3. The molecule has 2 amide bonds. The molecule has 0 radical (unpaired) electrons. The van der Waals surface area contributed by atoms with Crippen LogP contribution < -0.4 is 10.6 Å². The summed E-state index contributed by atoms with van der Waals surface area (Å²) in [5.74, 6) is -0.455. The zero-order valence-electron chi connectivity index (χ0n) is 10.3. The van der Waals surface area contributed by atoms with Crippen molar-refractivity contribution in [1.29, 1.82) is 0 Å². The quantitative estimate of drug-likeness (QED) is 0.752. The largest absolute Gasteiger partial charge is 0.363 e. The molecule has 0 aliphatic rings. The standard InChI is InChI=1S/C11H13N5O3/c1-8-12-3-5-16(8)6-4-13-10(17)11(18)14-9-2-7-19-15-9/h2-3,5,7H,4,6H2,1H3,(H,13,17)(H,14,15,18). The maximum Gasteiger partial charge on any atom is 0.314 e. The number of hydrogen-bond acceptors (Lipinski definition) is 5. The Morgan fingerprint density at radius 2 is 2.26 bits per heavy atom. The highest BCUT2D eigenvalue weighted by Crippen LogP contribution is 2.00. The van der Waals surface area contributed by atoms with Gasteiger partial charge in [-0.3, -0.25) is 14.9 Å². The average Bonchev–Trinajstić information content (AvgIpc) is 3.02. The second-order valence-corrected chi connectivity index (χ2v) is 3.76. The molecule has 0 atom stereocenters. The van der Waals surface area contributed by atoms with Gasteiger partial charge in [0, 0.05) is 31.5 Å². The smallest absolute Gasteiger partial charge is 0.314 e. The van der Waals surface area contributed by atoms with Crippen LogP contribution in [0.25, 0.3) is 0 Å². The maximum absolute atomic E-state index is 11.5. The zero-order chi connectivity index (χ0) is 13.7. The number of rotatable bonds is 4. The second kappa shape index (κ2) is 5.80. The van der Waals surface area contributed by atoms with Crippen LogP contribution >= 0.6 is 0 Å². The summed E-state index contributed by atoms with van der Waals surface area (Å²) in [4.78, 5) is 27.0. The van der Waals surface area contributed by atoms with Crippen molar-refractivity contribution in [3.05, 3.63) is 30.5 Å². The molecule has 0 aromatic carbocycles. The van der Waals surface area contributed by atoms with Crippen molar-refractivity contribution in [3.8, 4) is 0 Å². The first-order valence-corrected chi connectivity index (χ1v) is 5.64. The first-order chi connectivity index (χ1) is 9.16. The van der Waals surface area contributed by atoms with Crippen LogP contribution in [0.4, 0.5) is 5.82 Å². The lowest BCUT2D eigenvalue weighted by Crippen LogP contribution is -2.37. The summed E-state index contributed by atoms with van der Waals surface area (Å²) in [7, 11) is 0. The summed E-state index contributed by atoms with van der Waals surface area (Å²) in [6.07, 6.45) is 4.78. The molecule has 2 aromatic rings. The molecule has 2 N–H and O–H groups in total. The molecule has 0 aliphatic carbocycles. The highest BCUT2D eigenvalue weighted by atomic mass is 16.5. The predicted octanol–water partition coefficient (Wildman–Crippen LogP) is -0.0656. The average molecular weight is 263 g/mol. The van der Waals surface area contributed by atoms with Crippen molar-refractivity contribution < 1.29 is 14.1 Å². The van der Waals surface area contributed by atoms with Gasteiger partial charge in [-0.25, -0.2) is 4.98 Å². The van der Waals surface area contributed by atoms with Crippen LogP contribution in [0, 0.1) is 6.92 Å². The van der Waals surface area contributed by atoms with Crippen LogP contribution in [0.15, 0.2) is 29.2 Å². The molecular formula is C11H13N5O3. The molecule has 0 spiro atoms. The molecule has 19 heavy (non-hydrogen) atoms. The van der Waals surface area contributed by atoms with E-state index >= 15 is 0 Å². The van der Waals surface area contributed by atoms with Crippen molar-refractivity contribution in [2.45, 2.75) is 13.5 Å². The molecule has 0 aliphatic heterocycles. The van der Waals surface area contributed by atoms with E-state index in [-0.39, 0.29) is 5.82 Å². The SMILES string of the molecule is Cc1nccn1CCNC(=O)C(=O)Nc1ccon1. The number of nitrogens with zero attached hydrogens (tertiary/aromatic N) is 3. The second-order valence-electron chi connectivity index (χ2n) is 3.76. The molecule has 8 nitrogen and oxygen atoms in total. The Hall–Kier alpha value is -2.64. The highest BCUT2D eigenvalue weighted by Gasteiger charge is 2.14. The van der Waals surface area contributed by atoms with Gasteiger partial charge in [0.1, 0.15) is 12.1 Å². The number of carbonyl (C=O) groups is 2. The first-order valence-electron chi connectivity index (χ1n) is 5.64. The third-order valence-corrected chi connectivity index (χ3v) is 2.45. The van der Waals surface area contributed by atoms with Crippen LogP contribution in [-0.2, 0) is 16.1 Å². The number of imidazole rings is 1. The van der Waals surface area contributed by atoms with Crippen molar-refractivity contribution in [2.24, 2.45) is 0 Å². The minimum Gasteiger partial charge on any atom is -0.363 e. The van der Waals surface area contributed by atoms with E-state index in [1.54, 1.807) is 12.4 Å². The Bertz CT molecular complexity index is 561. The van der Waals surface area contributed by atoms with Gasteiger partial charge < -0.3 is 14.4 Å². The Balaban J connectivity index is 1.75. The molecule has 2 heterocycles. The van der Waals surface area contributed by atoms with Gasteiger partial charge in [-0.1, -0.05) is 5.16 Å². The lowest BCUT2D eigenvalue weighted by Gasteiger charge is -2.06. The molecule has 0 saturated heterocycles. The summed E-state index contributed by atoms with van der Waals surface area (Å²) < 4.78 is 6.40. The van der Waals surface area contributed by atoms with Crippen molar-refractivity contribution in [2.75, 3.05) is 11.9 Å². The van der Waals surface area contributed by atoms with E-state index in [9.17, 15) is 9.59 Å². The fraction of sp³-hybridized carbons (Fsp3) is 0.273. The normalized spacial score (nSPS) is 10.2. The van der Waals surface area contributed by atoms with Gasteiger partial charge >= 0.3 is 11.8 Å². The van der Waals surface area contributed by atoms with E-state index in [0.29, 0.717) is 13.1 Å². The van der Waals surface area contributed by atoms with E-state index in [4.69, 9.17) is 0 Å². The van der Waals surface area contributed by atoms with Gasteiger partial charge in [0.05, 0.1) is 0 Å². The summed E-state index contributed by atoms with van der Waals surface area (Å²) in [5.41, 5.74) is 0. The van der Waals surface area contributed by atoms with Gasteiger partial charge in [0.2, 0.25) is 0 Å². The molecule has 2 rings (SSSR count). The third-order valence-electron chi connectivity index (χ3n) is 2.45. The van der Waals surface area contributed by atoms with E-state index < -0.39 is 11.8 Å². The topological polar surface area (TPSA) is 102 Å². The van der Waals surface area contributed by atoms with E-state index in [1.807, 2.05) is 11.5 Å². The predicted molar refractivity (Wildman–Crippen MR) is 65.1 cm³/mol. The van der Waals surface area contributed by atoms with Gasteiger partial charge in [-0.2, -0.15) is 0 Å². The van der Waals surface area contributed by atoms with Gasteiger partial charge in [0.25, 0.3) is 0 Å². The number of aryl methyl sites for hydroxylation is 1. The van der Waals surface area contributed by atoms with Crippen LogP contribution in [0.1, 0.15) is 5.82 Å². The number of anilines is 1. The number of amides is 2. The monoisotopic (exact) mass is 263 g/mol. The molecule has 100 valence electrons. The first kappa shape index (κ1) is 12.8. The van der Waals surface area contributed by atoms with Crippen molar-refractivity contribution >= 4 is 17.6 Å². The number of hydrogen-bond donors (Lipinski definition) is 2. The summed E-state index contributed by atoms with van der Waals surface area (Å²) in [6, 6.07) is 1.44. The van der Waals surface area contributed by atoms with Crippen molar-refractivity contribution in [1.82, 2.24) is 20.0 Å². The van der Waals surface area contributed by atoms with Crippen LogP contribution in [0.3, 0.4) is 0 Å². The van der Waals surface area contributed by atoms with Gasteiger partial charge in [-0.05, 0) is 6.92 Å². The Morgan fingerprint density at radius 1 is 1.42 bits per heavy atom. The minimum absolute atomic E-state index is 0.200. The molecule has 0 unspecified atom stereocenters. The summed E-state index contributed by atoms with van der Waals surface area (Å²) in [6.45, 7) is 2.75. The number of carbonyl (C=O) groups excluding carboxylic acids is 2. The Labute approximate surface area is 108 Å². The number of nitrogens with one attached hydrogen (secondary N) is 2. The lowest BCUT2D eigenvalue weighted by molar-refractivity contribution is -0.136. The fourth-order valence-corrected chi connectivity index (χ4v) is 1.46. The van der Waals surface area contributed by atoms with Crippen LogP contribution in [0.2, 0.25) is 0 Å². The molecule has 0 bridgehead atoms. The number of aromatic nitrogens is 3. The summed E-state index contributed by atoms with van der Waals surface area (Å²) in [5, 5.41) is 8.28. The molecule has 8 heteroatoms.